The molecule has 1 saturated heterocycles. The first-order chi connectivity index (χ1) is 9.49. The van der Waals surface area contributed by atoms with Crippen LogP contribution >= 0.6 is 0 Å². The van der Waals surface area contributed by atoms with Crippen LogP contribution in [0.1, 0.15) is 36.8 Å². The van der Waals surface area contributed by atoms with E-state index in [0.29, 0.717) is 25.9 Å². The van der Waals surface area contributed by atoms with Gasteiger partial charge in [0.05, 0.1) is 11.8 Å². The maximum Gasteiger partial charge on any atom is 0.306 e. The summed E-state index contributed by atoms with van der Waals surface area (Å²) in [6.45, 7) is 5.03. The summed E-state index contributed by atoms with van der Waals surface area (Å²) in [6, 6.07) is 7.98. The number of nitrogens with zero attached hydrogens (tertiary/aromatic N) is 1. The lowest BCUT2D eigenvalue weighted by atomic mass is 9.94. The third kappa shape index (κ3) is 3.18. The molecule has 2 rings (SSSR count). The predicted molar refractivity (Wildman–Crippen MR) is 76.5 cm³/mol. The topological polar surface area (TPSA) is 57.6 Å². The van der Waals surface area contributed by atoms with Crippen LogP contribution in [-0.4, -0.2) is 35.0 Å². The third-order valence-corrected chi connectivity index (χ3v) is 4.07. The van der Waals surface area contributed by atoms with Crippen molar-refractivity contribution in [2.45, 2.75) is 32.6 Å². The van der Waals surface area contributed by atoms with E-state index in [0.717, 1.165) is 11.1 Å². The number of likely N-dealkylation sites (tertiary alicyclic amines) is 1. The number of benzene rings is 1. The summed E-state index contributed by atoms with van der Waals surface area (Å²) in [6.07, 6.45) is 1.11. The van der Waals surface area contributed by atoms with Gasteiger partial charge in [-0.3, -0.25) is 9.59 Å². The molecule has 108 valence electrons. The van der Waals surface area contributed by atoms with Gasteiger partial charge in [0.15, 0.2) is 0 Å². The number of aryl methyl sites for hydroxylation is 1. The SMILES string of the molecule is Cc1cccc([C@@H](C)C(=O)N2CCC(C(=O)O)CC2)c1. The summed E-state index contributed by atoms with van der Waals surface area (Å²) in [7, 11) is 0. The molecule has 1 aliphatic rings. The molecule has 4 nitrogen and oxygen atoms in total. The maximum atomic E-state index is 12.5. The van der Waals surface area contributed by atoms with Crippen LogP contribution in [0.5, 0.6) is 0 Å². The van der Waals surface area contributed by atoms with Gasteiger partial charge < -0.3 is 10.0 Å². The van der Waals surface area contributed by atoms with E-state index in [4.69, 9.17) is 5.11 Å². The van der Waals surface area contributed by atoms with Crippen molar-refractivity contribution in [2.24, 2.45) is 5.92 Å². The summed E-state index contributed by atoms with van der Waals surface area (Å²) in [5, 5.41) is 8.98. The summed E-state index contributed by atoms with van der Waals surface area (Å²) in [5.41, 5.74) is 2.17. The first kappa shape index (κ1) is 14.6. The van der Waals surface area contributed by atoms with E-state index >= 15 is 0 Å². The molecule has 1 atom stereocenters. The zero-order chi connectivity index (χ0) is 14.7. The smallest absolute Gasteiger partial charge is 0.306 e. The largest absolute Gasteiger partial charge is 0.481 e. The molecule has 4 heteroatoms. The summed E-state index contributed by atoms with van der Waals surface area (Å²) >= 11 is 0. The first-order valence-electron chi connectivity index (χ1n) is 7.07. The number of piperidine rings is 1. The molecule has 0 aliphatic carbocycles. The molecule has 1 amide bonds. The Morgan fingerprint density at radius 3 is 2.50 bits per heavy atom. The molecular formula is C16H21NO3. The number of amides is 1. The second-order valence-electron chi connectivity index (χ2n) is 5.57. The highest BCUT2D eigenvalue weighted by atomic mass is 16.4. The average Bonchev–Trinajstić information content (AvgIpc) is 2.46. The van der Waals surface area contributed by atoms with E-state index in [1.165, 1.54) is 0 Å². The predicted octanol–water partition coefficient (Wildman–Crippen LogP) is 2.42. The van der Waals surface area contributed by atoms with Gasteiger partial charge in [-0.25, -0.2) is 0 Å². The molecule has 1 fully saturated rings. The monoisotopic (exact) mass is 275 g/mol. The van der Waals surface area contributed by atoms with Crippen LogP contribution in [0, 0.1) is 12.8 Å². The van der Waals surface area contributed by atoms with E-state index in [-0.39, 0.29) is 17.7 Å². The van der Waals surface area contributed by atoms with Crippen LogP contribution in [0.3, 0.4) is 0 Å². The Morgan fingerprint density at radius 1 is 1.30 bits per heavy atom. The minimum Gasteiger partial charge on any atom is -0.481 e. The lowest BCUT2D eigenvalue weighted by Crippen LogP contribution is -2.42. The number of rotatable bonds is 3. The number of carbonyl (C=O) groups is 2. The Labute approximate surface area is 119 Å². The molecular weight excluding hydrogens is 254 g/mol. The lowest BCUT2D eigenvalue weighted by molar-refractivity contribution is -0.146. The van der Waals surface area contributed by atoms with Crippen LogP contribution in [-0.2, 0) is 9.59 Å². The van der Waals surface area contributed by atoms with E-state index in [1.807, 2.05) is 38.1 Å². The molecule has 0 unspecified atom stereocenters. The fourth-order valence-electron chi connectivity index (χ4n) is 2.70. The van der Waals surface area contributed by atoms with Crippen LogP contribution in [0.15, 0.2) is 24.3 Å². The van der Waals surface area contributed by atoms with Crippen molar-refractivity contribution in [1.82, 2.24) is 4.90 Å². The van der Waals surface area contributed by atoms with Crippen LogP contribution in [0.25, 0.3) is 0 Å². The van der Waals surface area contributed by atoms with Gasteiger partial charge in [0.2, 0.25) is 5.91 Å². The molecule has 0 saturated carbocycles. The highest BCUT2D eigenvalue weighted by Crippen LogP contribution is 2.23. The van der Waals surface area contributed by atoms with Gasteiger partial charge in [-0.05, 0) is 32.3 Å². The van der Waals surface area contributed by atoms with Crippen molar-refractivity contribution in [1.29, 1.82) is 0 Å². The van der Waals surface area contributed by atoms with Gasteiger partial charge in [0.1, 0.15) is 0 Å². The molecule has 1 heterocycles. The highest BCUT2D eigenvalue weighted by molar-refractivity contribution is 5.83. The normalized spacial score (nSPS) is 17.8. The second-order valence-corrected chi connectivity index (χ2v) is 5.57. The number of hydrogen-bond acceptors (Lipinski definition) is 2. The van der Waals surface area contributed by atoms with Crippen LogP contribution < -0.4 is 0 Å². The number of carboxylic acids is 1. The van der Waals surface area contributed by atoms with Gasteiger partial charge in [0, 0.05) is 13.1 Å². The molecule has 0 bridgehead atoms. The number of hydrogen-bond donors (Lipinski definition) is 1. The fraction of sp³-hybridized carbons (Fsp3) is 0.500. The highest BCUT2D eigenvalue weighted by Gasteiger charge is 2.29. The summed E-state index contributed by atoms with van der Waals surface area (Å²) in [4.78, 5) is 25.2. The summed E-state index contributed by atoms with van der Waals surface area (Å²) in [5.74, 6) is -1.12. The van der Waals surface area contributed by atoms with Crippen molar-refractivity contribution >= 4 is 11.9 Å². The van der Waals surface area contributed by atoms with Gasteiger partial charge >= 0.3 is 5.97 Å². The molecule has 1 N–H and O–H groups in total. The Balaban J connectivity index is 2.00. The Hall–Kier alpha value is -1.84. The van der Waals surface area contributed by atoms with Gasteiger partial charge in [-0.1, -0.05) is 29.8 Å². The second kappa shape index (κ2) is 6.07. The minimum absolute atomic E-state index is 0.0967. The zero-order valence-electron chi connectivity index (χ0n) is 12.0. The van der Waals surface area contributed by atoms with Gasteiger partial charge in [-0.2, -0.15) is 0 Å². The van der Waals surface area contributed by atoms with E-state index in [2.05, 4.69) is 0 Å². The van der Waals surface area contributed by atoms with Gasteiger partial charge in [-0.15, -0.1) is 0 Å². The van der Waals surface area contributed by atoms with Crippen molar-refractivity contribution in [3.8, 4) is 0 Å². The fourth-order valence-corrected chi connectivity index (χ4v) is 2.70. The Morgan fingerprint density at radius 2 is 1.95 bits per heavy atom. The molecule has 0 aromatic heterocycles. The molecule has 1 aliphatic heterocycles. The van der Waals surface area contributed by atoms with E-state index in [1.54, 1.807) is 4.90 Å². The number of aliphatic carboxylic acids is 1. The molecule has 20 heavy (non-hydrogen) atoms. The number of carboxylic acid groups (broad SMARTS) is 1. The van der Waals surface area contributed by atoms with E-state index in [9.17, 15) is 9.59 Å². The Bertz CT molecular complexity index is 504. The average molecular weight is 275 g/mol. The third-order valence-electron chi connectivity index (χ3n) is 4.07. The first-order valence-corrected chi connectivity index (χ1v) is 7.07. The minimum atomic E-state index is -0.746. The van der Waals surface area contributed by atoms with E-state index < -0.39 is 5.97 Å². The zero-order valence-corrected chi connectivity index (χ0v) is 12.0. The van der Waals surface area contributed by atoms with Crippen LogP contribution in [0.2, 0.25) is 0 Å². The quantitative estimate of drug-likeness (QED) is 0.921. The van der Waals surface area contributed by atoms with Crippen molar-refractivity contribution < 1.29 is 14.7 Å². The van der Waals surface area contributed by atoms with Crippen molar-refractivity contribution in [3.63, 3.8) is 0 Å². The standard InChI is InChI=1S/C16H21NO3/c1-11-4-3-5-14(10-11)12(2)15(18)17-8-6-13(7-9-17)16(19)20/h3-5,10,12-13H,6-9H2,1-2H3,(H,19,20)/t12-/m1/s1. The molecule has 1 aromatic rings. The van der Waals surface area contributed by atoms with Crippen molar-refractivity contribution in [3.05, 3.63) is 35.4 Å². The van der Waals surface area contributed by atoms with Crippen molar-refractivity contribution in [2.75, 3.05) is 13.1 Å². The molecule has 0 spiro atoms. The summed E-state index contributed by atoms with van der Waals surface area (Å²) < 4.78 is 0. The molecule has 1 aromatic carbocycles. The van der Waals surface area contributed by atoms with Crippen LogP contribution in [0.4, 0.5) is 0 Å². The number of carbonyl (C=O) groups excluding carboxylic acids is 1. The lowest BCUT2D eigenvalue weighted by Gasteiger charge is -2.32. The van der Waals surface area contributed by atoms with Gasteiger partial charge in [0.25, 0.3) is 0 Å². The maximum absolute atomic E-state index is 12.5. The molecule has 0 radical (unpaired) electrons. The Kier molecular flexibility index (Phi) is 4.42.